The van der Waals surface area contributed by atoms with Crippen molar-refractivity contribution in [2.24, 2.45) is 0 Å². The lowest BCUT2D eigenvalue weighted by Crippen LogP contribution is -2.05. The molecule has 0 aromatic carbocycles. The fourth-order valence-corrected chi connectivity index (χ4v) is 1.06. The molecule has 0 saturated carbocycles. The van der Waals surface area contributed by atoms with Gasteiger partial charge in [0.05, 0.1) is 5.02 Å². The summed E-state index contributed by atoms with van der Waals surface area (Å²) in [6, 6.07) is 1.15. The number of rotatable bonds is 2. The molecule has 0 saturated heterocycles. The molecule has 1 aromatic heterocycles. The summed E-state index contributed by atoms with van der Waals surface area (Å²) < 4.78 is 24.4. The van der Waals surface area contributed by atoms with Gasteiger partial charge in [0.15, 0.2) is 0 Å². The van der Waals surface area contributed by atoms with Crippen molar-refractivity contribution in [3.8, 4) is 0 Å². The van der Waals surface area contributed by atoms with Gasteiger partial charge in [0, 0.05) is 6.20 Å². The Hall–Kier alpha value is -1.23. The lowest BCUT2D eigenvalue weighted by Gasteiger charge is -2.04. The molecule has 0 fully saturated rings. The molecule has 3 nitrogen and oxygen atoms in total. The number of carboxylic acid groups (broad SMARTS) is 1. The van der Waals surface area contributed by atoms with Gasteiger partial charge in [-0.1, -0.05) is 11.6 Å². The molecular formula is C7H4ClF2NO2. The molecule has 1 heterocycles. The first-order valence-electron chi connectivity index (χ1n) is 3.20. The summed E-state index contributed by atoms with van der Waals surface area (Å²) in [4.78, 5) is 13.7. The van der Waals surface area contributed by atoms with E-state index in [1.807, 2.05) is 0 Å². The van der Waals surface area contributed by atoms with E-state index in [0.717, 1.165) is 12.3 Å². The Balaban J connectivity index is 3.34. The van der Waals surface area contributed by atoms with Crippen LogP contribution in [0.2, 0.25) is 5.02 Å². The van der Waals surface area contributed by atoms with E-state index in [4.69, 9.17) is 16.7 Å². The Bertz CT molecular complexity index is 343. The summed E-state index contributed by atoms with van der Waals surface area (Å²) in [5.41, 5.74) is -1.45. The third kappa shape index (κ3) is 1.92. The first-order chi connectivity index (χ1) is 6.04. The van der Waals surface area contributed by atoms with Crippen LogP contribution in [0, 0.1) is 0 Å². The van der Waals surface area contributed by atoms with Crippen molar-refractivity contribution in [2.45, 2.75) is 6.43 Å². The zero-order valence-electron chi connectivity index (χ0n) is 6.17. The molecule has 1 rings (SSSR count). The first kappa shape index (κ1) is 9.85. The summed E-state index contributed by atoms with van der Waals surface area (Å²) in [6.07, 6.45) is -1.90. The second-order valence-corrected chi connectivity index (χ2v) is 2.57. The Kier molecular flexibility index (Phi) is 2.77. The molecule has 0 atom stereocenters. The summed E-state index contributed by atoms with van der Waals surface area (Å²) >= 11 is 5.41. The van der Waals surface area contributed by atoms with Crippen LogP contribution >= 0.6 is 11.6 Å². The van der Waals surface area contributed by atoms with E-state index >= 15 is 0 Å². The third-order valence-corrected chi connectivity index (χ3v) is 1.66. The van der Waals surface area contributed by atoms with E-state index < -0.39 is 23.7 Å². The lowest BCUT2D eigenvalue weighted by atomic mass is 10.2. The molecule has 0 aliphatic heterocycles. The third-order valence-electron chi connectivity index (χ3n) is 1.35. The molecule has 0 spiro atoms. The van der Waals surface area contributed by atoms with Gasteiger partial charge >= 0.3 is 5.97 Å². The average molecular weight is 208 g/mol. The minimum Gasteiger partial charge on any atom is -0.478 e. The Morgan fingerprint density at radius 3 is 2.62 bits per heavy atom. The smallest absolute Gasteiger partial charge is 0.339 e. The van der Waals surface area contributed by atoms with Gasteiger partial charge < -0.3 is 5.11 Å². The van der Waals surface area contributed by atoms with Gasteiger partial charge in [-0.05, 0) is 6.07 Å². The minimum atomic E-state index is -2.94. The van der Waals surface area contributed by atoms with Crippen molar-refractivity contribution in [3.63, 3.8) is 0 Å². The molecule has 6 heteroatoms. The van der Waals surface area contributed by atoms with Crippen LogP contribution in [0.4, 0.5) is 8.78 Å². The Labute approximate surface area is 77.0 Å². The quantitative estimate of drug-likeness (QED) is 0.810. The normalized spacial score (nSPS) is 10.5. The fourth-order valence-electron chi connectivity index (χ4n) is 0.830. The number of carboxylic acids is 1. The second-order valence-electron chi connectivity index (χ2n) is 2.16. The molecule has 1 aromatic rings. The van der Waals surface area contributed by atoms with Crippen LogP contribution in [0.25, 0.3) is 0 Å². The average Bonchev–Trinajstić information content (AvgIpc) is 2.02. The van der Waals surface area contributed by atoms with Crippen LogP contribution in [0.5, 0.6) is 0 Å². The molecule has 0 bridgehead atoms. The van der Waals surface area contributed by atoms with E-state index in [0.29, 0.717) is 0 Å². The predicted octanol–water partition coefficient (Wildman–Crippen LogP) is 2.37. The molecule has 0 radical (unpaired) electrons. The van der Waals surface area contributed by atoms with Gasteiger partial charge in [-0.25, -0.2) is 13.6 Å². The van der Waals surface area contributed by atoms with Crippen molar-refractivity contribution in [3.05, 3.63) is 28.5 Å². The van der Waals surface area contributed by atoms with Crippen molar-refractivity contribution in [2.75, 3.05) is 0 Å². The first-order valence-corrected chi connectivity index (χ1v) is 3.57. The maximum atomic E-state index is 12.2. The van der Waals surface area contributed by atoms with Crippen LogP contribution in [0.1, 0.15) is 22.5 Å². The highest BCUT2D eigenvalue weighted by atomic mass is 35.5. The molecule has 1 N–H and O–H groups in total. The highest BCUT2D eigenvalue weighted by Gasteiger charge is 2.21. The second kappa shape index (κ2) is 3.66. The van der Waals surface area contributed by atoms with Crippen LogP contribution in [0.3, 0.4) is 0 Å². The minimum absolute atomic E-state index is 0.238. The number of aromatic nitrogens is 1. The van der Waals surface area contributed by atoms with E-state index in [1.165, 1.54) is 0 Å². The van der Waals surface area contributed by atoms with Gasteiger partial charge in [-0.15, -0.1) is 0 Å². The van der Waals surface area contributed by atoms with E-state index in [9.17, 15) is 13.6 Å². The van der Waals surface area contributed by atoms with Gasteiger partial charge in [0.25, 0.3) is 6.43 Å². The van der Waals surface area contributed by atoms with Gasteiger partial charge in [0.2, 0.25) is 0 Å². The molecular weight excluding hydrogens is 204 g/mol. The lowest BCUT2D eigenvalue weighted by molar-refractivity contribution is 0.0682. The van der Waals surface area contributed by atoms with E-state index in [-0.39, 0.29) is 5.02 Å². The van der Waals surface area contributed by atoms with Crippen LogP contribution in [-0.2, 0) is 0 Å². The van der Waals surface area contributed by atoms with Gasteiger partial charge in [-0.2, -0.15) is 0 Å². The van der Waals surface area contributed by atoms with E-state index in [1.54, 1.807) is 0 Å². The molecule has 0 amide bonds. The molecule has 0 unspecified atom stereocenters. The number of hydrogen-bond acceptors (Lipinski definition) is 2. The van der Waals surface area contributed by atoms with Crippen LogP contribution in [-0.4, -0.2) is 16.1 Å². The topological polar surface area (TPSA) is 50.2 Å². The zero-order chi connectivity index (χ0) is 10.0. The molecule has 13 heavy (non-hydrogen) atoms. The highest BCUT2D eigenvalue weighted by molar-refractivity contribution is 6.33. The van der Waals surface area contributed by atoms with Crippen molar-refractivity contribution < 1.29 is 18.7 Å². The Morgan fingerprint density at radius 1 is 1.62 bits per heavy atom. The van der Waals surface area contributed by atoms with Crippen molar-refractivity contribution in [1.82, 2.24) is 4.98 Å². The Morgan fingerprint density at radius 2 is 2.23 bits per heavy atom. The molecule has 0 aliphatic carbocycles. The molecule has 0 aliphatic rings. The van der Waals surface area contributed by atoms with E-state index in [2.05, 4.69) is 4.98 Å². The van der Waals surface area contributed by atoms with Gasteiger partial charge in [-0.3, -0.25) is 4.98 Å². The highest BCUT2D eigenvalue weighted by Crippen LogP contribution is 2.25. The number of halogens is 3. The summed E-state index contributed by atoms with van der Waals surface area (Å²) in [7, 11) is 0. The maximum absolute atomic E-state index is 12.2. The SMILES string of the molecule is O=C(O)c1c(Cl)ccnc1C(F)F. The standard InChI is InChI=1S/C7H4ClF2NO2/c8-3-1-2-11-5(6(9)10)4(3)7(12)13/h1-2,6H,(H,12,13). The number of nitrogens with zero attached hydrogens (tertiary/aromatic N) is 1. The molecule has 70 valence electrons. The monoisotopic (exact) mass is 207 g/mol. The number of hydrogen-bond donors (Lipinski definition) is 1. The number of alkyl halides is 2. The van der Waals surface area contributed by atoms with Crippen LogP contribution < -0.4 is 0 Å². The maximum Gasteiger partial charge on any atom is 0.339 e. The zero-order valence-corrected chi connectivity index (χ0v) is 6.92. The summed E-state index contributed by atoms with van der Waals surface area (Å²) in [5.74, 6) is -1.51. The van der Waals surface area contributed by atoms with Crippen molar-refractivity contribution in [1.29, 1.82) is 0 Å². The largest absolute Gasteiger partial charge is 0.478 e. The van der Waals surface area contributed by atoms with Crippen LogP contribution in [0.15, 0.2) is 12.3 Å². The fraction of sp³-hybridized carbons (Fsp3) is 0.143. The number of carbonyl (C=O) groups is 1. The number of aromatic carboxylic acids is 1. The number of pyridine rings is 1. The summed E-state index contributed by atoms with van der Waals surface area (Å²) in [6.45, 7) is 0. The predicted molar refractivity (Wildman–Crippen MR) is 41.2 cm³/mol. The van der Waals surface area contributed by atoms with Gasteiger partial charge in [0.1, 0.15) is 11.3 Å². The van der Waals surface area contributed by atoms with Crippen molar-refractivity contribution >= 4 is 17.6 Å². The summed E-state index contributed by atoms with van der Waals surface area (Å²) in [5, 5.41) is 8.30.